The number of nitrogens with zero attached hydrogens (tertiary/aromatic N) is 1. The second-order valence-corrected chi connectivity index (χ2v) is 4.09. The number of carboxylic acids is 1. The lowest BCUT2D eigenvalue weighted by Crippen LogP contribution is -2.15. The van der Waals surface area contributed by atoms with E-state index in [-0.39, 0.29) is 23.8 Å². The number of carbonyl (C=O) groups excluding carboxylic acids is 1. The summed E-state index contributed by atoms with van der Waals surface area (Å²) in [6.07, 6.45) is 1.30. The summed E-state index contributed by atoms with van der Waals surface area (Å²) >= 11 is 0. The number of amides is 1. The first-order valence-electron chi connectivity index (χ1n) is 5.82. The van der Waals surface area contributed by atoms with Crippen molar-refractivity contribution in [2.75, 3.05) is 5.32 Å². The Morgan fingerprint density at radius 2 is 1.95 bits per heavy atom. The molecule has 0 unspecified atom stereocenters. The van der Waals surface area contributed by atoms with Crippen LogP contribution in [0.2, 0.25) is 0 Å². The highest BCUT2D eigenvalue weighted by molar-refractivity contribution is 5.94. The molecule has 0 saturated heterocycles. The topological polar surface area (TPSA) is 99.5 Å². The van der Waals surface area contributed by atoms with Crippen LogP contribution in [0.5, 0.6) is 5.75 Å². The van der Waals surface area contributed by atoms with Crippen LogP contribution in [0, 0.1) is 0 Å². The molecule has 0 aliphatic carbocycles. The highest BCUT2D eigenvalue weighted by atomic mass is 16.4. The SMILES string of the molecule is O=C(Cc1ccccc1O)Nc1ccnc(C(=O)O)c1. The average Bonchev–Trinajstić information content (AvgIpc) is 2.41. The number of nitrogens with one attached hydrogen (secondary N) is 1. The second kappa shape index (κ2) is 5.83. The van der Waals surface area contributed by atoms with Crippen LogP contribution in [0.15, 0.2) is 42.6 Å². The van der Waals surface area contributed by atoms with Crippen LogP contribution < -0.4 is 5.32 Å². The maximum absolute atomic E-state index is 11.8. The number of rotatable bonds is 4. The summed E-state index contributed by atoms with van der Waals surface area (Å²) in [7, 11) is 0. The number of hydrogen-bond donors (Lipinski definition) is 3. The molecule has 1 amide bonds. The molecule has 1 heterocycles. The van der Waals surface area contributed by atoms with Crippen LogP contribution in [0.1, 0.15) is 16.1 Å². The second-order valence-electron chi connectivity index (χ2n) is 4.09. The number of phenolic OH excluding ortho intramolecular Hbond substituents is 1. The number of aromatic carboxylic acids is 1. The van der Waals surface area contributed by atoms with Crippen LogP contribution in [-0.4, -0.2) is 27.1 Å². The number of anilines is 1. The van der Waals surface area contributed by atoms with Crippen molar-refractivity contribution in [3.05, 3.63) is 53.9 Å². The number of hydrogen-bond acceptors (Lipinski definition) is 4. The molecular formula is C14H12N2O4. The quantitative estimate of drug-likeness (QED) is 0.786. The smallest absolute Gasteiger partial charge is 0.354 e. The van der Waals surface area contributed by atoms with Gasteiger partial charge in [-0.3, -0.25) is 4.79 Å². The van der Waals surface area contributed by atoms with E-state index in [0.717, 1.165) is 0 Å². The molecule has 0 radical (unpaired) electrons. The number of aromatic nitrogens is 1. The Morgan fingerprint density at radius 3 is 2.65 bits per heavy atom. The molecule has 1 aromatic carbocycles. The summed E-state index contributed by atoms with van der Waals surface area (Å²) in [6, 6.07) is 9.29. The van der Waals surface area contributed by atoms with Gasteiger partial charge >= 0.3 is 5.97 Å². The van der Waals surface area contributed by atoms with Gasteiger partial charge in [0.2, 0.25) is 5.91 Å². The fourth-order valence-electron chi connectivity index (χ4n) is 1.66. The van der Waals surface area contributed by atoms with Crippen LogP contribution in [0.25, 0.3) is 0 Å². The standard InChI is InChI=1S/C14H12N2O4/c17-12-4-2-1-3-9(12)7-13(18)16-10-5-6-15-11(8-10)14(19)20/h1-6,8,17H,7H2,(H,19,20)(H,15,16,18). The van der Waals surface area contributed by atoms with Crippen molar-refractivity contribution in [3.63, 3.8) is 0 Å². The Bertz CT molecular complexity index is 655. The van der Waals surface area contributed by atoms with E-state index in [1.54, 1.807) is 18.2 Å². The van der Waals surface area contributed by atoms with Gasteiger partial charge in [-0.05, 0) is 18.2 Å². The molecule has 2 aromatic rings. The Labute approximate surface area is 114 Å². The number of para-hydroxylation sites is 1. The van der Waals surface area contributed by atoms with Crippen molar-refractivity contribution in [2.24, 2.45) is 0 Å². The van der Waals surface area contributed by atoms with E-state index in [9.17, 15) is 14.7 Å². The molecule has 6 nitrogen and oxygen atoms in total. The van der Waals surface area contributed by atoms with Crippen LogP contribution in [-0.2, 0) is 11.2 Å². The molecule has 0 bridgehead atoms. The Kier molecular flexibility index (Phi) is 3.95. The van der Waals surface area contributed by atoms with Gasteiger partial charge in [0.15, 0.2) is 0 Å². The predicted molar refractivity (Wildman–Crippen MR) is 71.6 cm³/mol. The third-order valence-corrected chi connectivity index (χ3v) is 2.61. The van der Waals surface area contributed by atoms with Crippen molar-refractivity contribution >= 4 is 17.6 Å². The van der Waals surface area contributed by atoms with Gasteiger partial charge in [-0.2, -0.15) is 0 Å². The number of phenols is 1. The van der Waals surface area contributed by atoms with Gasteiger partial charge in [0, 0.05) is 17.4 Å². The molecule has 3 N–H and O–H groups in total. The Balaban J connectivity index is 2.07. The summed E-state index contributed by atoms with van der Waals surface area (Å²) in [5, 5.41) is 20.9. The van der Waals surface area contributed by atoms with Gasteiger partial charge in [0.1, 0.15) is 11.4 Å². The maximum atomic E-state index is 11.8. The third kappa shape index (κ3) is 3.32. The number of pyridine rings is 1. The van der Waals surface area contributed by atoms with Gasteiger partial charge in [-0.15, -0.1) is 0 Å². The van der Waals surface area contributed by atoms with Crippen molar-refractivity contribution < 1.29 is 19.8 Å². The summed E-state index contributed by atoms with van der Waals surface area (Å²) < 4.78 is 0. The fourth-order valence-corrected chi connectivity index (χ4v) is 1.66. The van der Waals surface area contributed by atoms with Crippen molar-refractivity contribution in [2.45, 2.75) is 6.42 Å². The molecule has 0 atom stereocenters. The molecule has 0 fully saturated rings. The van der Waals surface area contributed by atoms with E-state index in [1.807, 2.05) is 0 Å². The van der Waals surface area contributed by atoms with Gasteiger partial charge in [0.25, 0.3) is 0 Å². The van der Waals surface area contributed by atoms with E-state index < -0.39 is 5.97 Å². The van der Waals surface area contributed by atoms with Gasteiger partial charge in [-0.1, -0.05) is 18.2 Å². The zero-order valence-electron chi connectivity index (χ0n) is 10.4. The van der Waals surface area contributed by atoms with E-state index in [0.29, 0.717) is 11.3 Å². The average molecular weight is 272 g/mol. The van der Waals surface area contributed by atoms with Gasteiger partial charge < -0.3 is 15.5 Å². The predicted octanol–water partition coefficient (Wildman–Crippen LogP) is 1.67. The lowest BCUT2D eigenvalue weighted by molar-refractivity contribution is -0.115. The zero-order chi connectivity index (χ0) is 14.5. The minimum atomic E-state index is -1.16. The van der Waals surface area contributed by atoms with Crippen LogP contribution in [0.4, 0.5) is 5.69 Å². The lowest BCUT2D eigenvalue weighted by atomic mass is 10.1. The third-order valence-electron chi connectivity index (χ3n) is 2.61. The van der Waals surface area contributed by atoms with Gasteiger partial charge in [0.05, 0.1) is 6.42 Å². The van der Waals surface area contributed by atoms with E-state index in [4.69, 9.17) is 5.11 Å². The molecule has 0 aliphatic heterocycles. The molecule has 0 aliphatic rings. The minimum absolute atomic E-state index is 0.00258. The first kappa shape index (κ1) is 13.5. The Hall–Kier alpha value is -2.89. The largest absolute Gasteiger partial charge is 0.508 e. The number of carboxylic acid groups (broad SMARTS) is 1. The number of aromatic hydroxyl groups is 1. The maximum Gasteiger partial charge on any atom is 0.354 e. The Morgan fingerprint density at radius 1 is 1.20 bits per heavy atom. The molecule has 0 saturated carbocycles. The van der Waals surface area contributed by atoms with E-state index >= 15 is 0 Å². The first-order valence-corrected chi connectivity index (χ1v) is 5.82. The fraction of sp³-hybridized carbons (Fsp3) is 0.0714. The van der Waals surface area contributed by atoms with Crippen LogP contribution >= 0.6 is 0 Å². The molecule has 1 aromatic heterocycles. The lowest BCUT2D eigenvalue weighted by Gasteiger charge is -2.07. The number of carbonyl (C=O) groups is 2. The summed E-state index contributed by atoms with van der Waals surface area (Å²) in [5.74, 6) is -1.47. The summed E-state index contributed by atoms with van der Waals surface area (Å²) in [6.45, 7) is 0. The zero-order valence-corrected chi connectivity index (χ0v) is 10.4. The molecule has 2 rings (SSSR count). The van der Waals surface area contributed by atoms with E-state index in [1.165, 1.54) is 24.4 Å². The molecule has 6 heteroatoms. The van der Waals surface area contributed by atoms with Gasteiger partial charge in [-0.25, -0.2) is 9.78 Å². The minimum Gasteiger partial charge on any atom is -0.508 e. The molecular weight excluding hydrogens is 260 g/mol. The number of benzene rings is 1. The highest BCUT2D eigenvalue weighted by Crippen LogP contribution is 2.17. The molecule has 102 valence electrons. The first-order chi connectivity index (χ1) is 9.56. The monoisotopic (exact) mass is 272 g/mol. The van der Waals surface area contributed by atoms with Crippen molar-refractivity contribution in [1.29, 1.82) is 0 Å². The summed E-state index contributed by atoms with van der Waals surface area (Å²) in [4.78, 5) is 26.2. The highest BCUT2D eigenvalue weighted by Gasteiger charge is 2.09. The van der Waals surface area contributed by atoms with Crippen molar-refractivity contribution in [3.8, 4) is 5.75 Å². The molecule has 0 spiro atoms. The molecule has 20 heavy (non-hydrogen) atoms. The van der Waals surface area contributed by atoms with E-state index in [2.05, 4.69) is 10.3 Å². The summed E-state index contributed by atoms with van der Waals surface area (Å²) in [5.41, 5.74) is 0.695. The van der Waals surface area contributed by atoms with Crippen molar-refractivity contribution in [1.82, 2.24) is 4.98 Å². The normalized spacial score (nSPS) is 10.0. The van der Waals surface area contributed by atoms with Crippen LogP contribution in [0.3, 0.4) is 0 Å².